The third-order valence-electron chi connectivity index (χ3n) is 4.83. The minimum absolute atomic E-state index is 0.0975. The second kappa shape index (κ2) is 9.44. The molecule has 0 aliphatic carbocycles. The molecule has 3 aromatic rings. The number of hydrogen-bond donors (Lipinski definition) is 0. The third kappa shape index (κ3) is 4.70. The number of rotatable bonds is 4. The Balaban J connectivity index is 1.52. The fourth-order valence-corrected chi connectivity index (χ4v) is 7.68. The smallest absolute Gasteiger partial charge is 0.247 e. The predicted molar refractivity (Wildman–Crippen MR) is 130 cm³/mol. The van der Waals surface area contributed by atoms with Crippen LogP contribution in [0.25, 0.3) is 11.3 Å². The Morgan fingerprint density at radius 2 is 1.62 bits per heavy atom. The van der Waals surface area contributed by atoms with Crippen LogP contribution >= 0.6 is 66.4 Å². The lowest BCUT2D eigenvalue weighted by atomic mass is 10.2. The van der Waals surface area contributed by atoms with E-state index < -0.39 is 31.0 Å². The minimum atomic E-state index is -4.25. The molecule has 1 aromatic heterocycles. The molecule has 0 bridgehead atoms. The summed E-state index contributed by atoms with van der Waals surface area (Å²) >= 11 is 19.3. The van der Waals surface area contributed by atoms with Crippen LogP contribution in [0.2, 0.25) is 10.0 Å². The molecule has 0 radical (unpaired) electrons. The van der Waals surface area contributed by atoms with Crippen molar-refractivity contribution in [2.24, 2.45) is 0 Å². The molecular weight excluding hydrogens is 635 g/mol. The summed E-state index contributed by atoms with van der Waals surface area (Å²) in [5, 5.41) is 3.59. The zero-order valence-electron chi connectivity index (χ0n) is 16.0. The number of aromatic nitrogens is 1. The van der Waals surface area contributed by atoms with Crippen LogP contribution in [0.15, 0.2) is 43.5 Å². The minimum Gasteiger partial charge on any atom is -0.345 e. The maximum Gasteiger partial charge on any atom is 0.247 e. The molecule has 0 N–H and O–H groups in total. The fraction of sp³-hybridized carbons (Fsp3) is 0.211. The van der Waals surface area contributed by atoms with Crippen molar-refractivity contribution in [3.05, 3.63) is 60.3 Å². The van der Waals surface area contributed by atoms with E-state index in [1.807, 2.05) is 10.3 Å². The number of hydrogen-bond acceptors (Lipinski definition) is 5. The second-order valence-electron chi connectivity index (χ2n) is 6.86. The zero-order valence-corrected chi connectivity index (χ0v) is 22.3. The summed E-state index contributed by atoms with van der Waals surface area (Å²) in [6.45, 7) is 0.886. The van der Waals surface area contributed by atoms with Crippen molar-refractivity contribution in [2.45, 2.75) is 4.90 Å². The molecule has 0 spiro atoms. The van der Waals surface area contributed by atoms with E-state index >= 15 is 0 Å². The van der Waals surface area contributed by atoms with Gasteiger partial charge in [0.1, 0.15) is 10.7 Å². The molecule has 1 aliphatic rings. The highest BCUT2D eigenvalue weighted by Gasteiger charge is 2.35. The van der Waals surface area contributed by atoms with Crippen molar-refractivity contribution in [3.8, 4) is 11.3 Å². The van der Waals surface area contributed by atoms with E-state index in [0.29, 0.717) is 34.0 Å². The molecule has 2 aromatic carbocycles. The van der Waals surface area contributed by atoms with Gasteiger partial charge >= 0.3 is 0 Å². The summed E-state index contributed by atoms with van der Waals surface area (Å²) in [5.41, 5.74) is 1.49. The van der Waals surface area contributed by atoms with Crippen molar-refractivity contribution in [1.82, 2.24) is 9.29 Å². The Morgan fingerprint density at radius 3 is 2.25 bits per heavy atom. The standard InChI is InChI=1S/C19H13Br2Cl2F2N3O2S2/c20-13-8-14(24)16(21)18(17(13)25)32(29,30)28-3-1-27(2-4-28)19-26-15(9-31-19)10-5-11(22)7-12(23)6-10/h5-9H,1-4H2. The molecule has 4 rings (SSSR count). The number of nitrogens with zero attached hydrogens (tertiary/aromatic N) is 3. The van der Waals surface area contributed by atoms with Crippen molar-refractivity contribution in [1.29, 1.82) is 0 Å². The van der Waals surface area contributed by atoms with E-state index in [4.69, 9.17) is 23.2 Å². The number of thiazole rings is 1. The molecule has 1 saturated heterocycles. The molecule has 0 saturated carbocycles. The molecule has 5 nitrogen and oxygen atoms in total. The normalized spacial score (nSPS) is 15.4. The maximum atomic E-state index is 14.6. The first-order valence-electron chi connectivity index (χ1n) is 9.08. The van der Waals surface area contributed by atoms with Crippen LogP contribution in [-0.4, -0.2) is 43.9 Å². The lowest BCUT2D eigenvalue weighted by Crippen LogP contribution is -2.48. The molecule has 32 heavy (non-hydrogen) atoms. The Labute approximate surface area is 214 Å². The first-order valence-corrected chi connectivity index (χ1v) is 13.7. The number of halogens is 6. The first-order chi connectivity index (χ1) is 15.1. The van der Waals surface area contributed by atoms with Gasteiger partial charge in [-0.1, -0.05) is 23.2 Å². The van der Waals surface area contributed by atoms with Crippen LogP contribution in [0.5, 0.6) is 0 Å². The molecule has 1 fully saturated rings. The van der Waals surface area contributed by atoms with Gasteiger partial charge in [-0.15, -0.1) is 11.3 Å². The van der Waals surface area contributed by atoms with E-state index in [9.17, 15) is 17.2 Å². The van der Waals surface area contributed by atoms with Crippen LogP contribution in [0, 0.1) is 11.6 Å². The number of benzene rings is 2. The Bertz CT molecular complexity index is 1250. The summed E-state index contributed by atoms with van der Waals surface area (Å²) < 4.78 is 55.1. The Morgan fingerprint density at radius 1 is 1.00 bits per heavy atom. The van der Waals surface area contributed by atoms with Gasteiger partial charge in [0.25, 0.3) is 0 Å². The quantitative estimate of drug-likeness (QED) is 0.306. The van der Waals surface area contributed by atoms with Crippen LogP contribution in [-0.2, 0) is 10.0 Å². The van der Waals surface area contributed by atoms with E-state index in [1.165, 1.54) is 11.3 Å². The van der Waals surface area contributed by atoms with Gasteiger partial charge in [-0.3, -0.25) is 0 Å². The van der Waals surface area contributed by atoms with E-state index in [-0.39, 0.29) is 17.6 Å². The average Bonchev–Trinajstić information content (AvgIpc) is 3.22. The van der Waals surface area contributed by atoms with Crippen molar-refractivity contribution < 1.29 is 17.2 Å². The van der Waals surface area contributed by atoms with Crippen LogP contribution in [0.1, 0.15) is 0 Å². The highest BCUT2D eigenvalue weighted by molar-refractivity contribution is 9.11. The lowest BCUT2D eigenvalue weighted by Gasteiger charge is -2.34. The second-order valence-corrected chi connectivity index (χ2v) is 12.1. The van der Waals surface area contributed by atoms with Crippen LogP contribution in [0.4, 0.5) is 13.9 Å². The first kappa shape index (κ1) is 24.3. The number of anilines is 1. The van der Waals surface area contributed by atoms with Gasteiger partial charge in [0.15, 0.2) is 10.9 Å². The van der Waals surface area contributed by atoms with E-state index in [1.54, 1.807) is 18.2 Å². The average molecular weight is 648 g/mol. The summed E-state index contributed by atoms with van der Waals surface area (Å²) in [6, 6.07) is 6.04. The Kier molecular flexibility index (Phi) is 7.17. The SMILES string of the molecule is O=S(=O)(c1c(F)c(Br)cc(F)c1Br)N1CCN(c2nc(-c3cc(Cl)cc(Cl)c3)cs2)CC1. The molecule has 2 heterocycles. The molecule has 0 amide bonds. The lowest BCUT2D eigenvalue weighted by molar-refractivity contribution is 0.381. The number of sulfonamides is 1. The topological polar surface area (TPSA) is 53.5 Å². The third-order valence-corrected chi connectivity index (χ3v) is 9.73. The van der Waals surface area contributed by atoms with Gasteiger partial charge in [-0.25, -0.2) is 22.2 Å². The van der Waals surface area contributed by atoms with E-state index in [0.717, 1.165) is 15.9 Å². The molecule has 1 aliphatic heterocycles. The summed E-state index contributed by atoms with van der Waals surface area (Å²) in [7, 11) is -4.25. The van der Waals surface area contributed by atoms with Gasteiger partial charge in [0.2, 0.25) is 10.0 Å². The van der Waals surface area contributed by atoms with Gasteiger partial charge in [-0.05, 0) is 56.1 Å². The molecule has 0 atom stereocenters. The maximum absolute atomic E-state index is 14.6. The molecule has 13 heteroatoms. The summed E-state index contributed by atoms with van der Waals surface area (Å²) in [6.07, 6.45) is 0. The molecular formula is C19H13Br2Cl2F2N3O2S2. The van der Waals surface area contributed by atoms with Crippen molar-refractivity contribution in [2.75, 3.05) is 31.1 Å². The van der Waals surface area contributed by atoms with Crippen LogP contribution in [0.3, 0.4) is 0 Å². The largest absolute Gasteiger partial charge is 0.345 e. The van der Waals surface area contributed by atoms with Crippen LogP contribution < -0.4 is 4.90 Å². The summed E-state index contributed by atoms with van der Waals surface area (Å²) in [4.78, 5) is 5.85. The zero-order chi connectivity index (χ0) is 23.2. The summed E-state index contributed by atoms with van der Waals surface area (Å²) in [5.74, 6) is -1.91. The van der Waals surface area contributed by atoms with Crippen molar-refractivity contribution in [3.63, 3.8) is 0 Å². The highest BCUT2D eigenvalue weighted by atomic mass is 79.9. The van der Waals surface area contributed by atoms with Gasteiger partial charge in [0.05, 0.1) is 14.6 Å². The van der Waals surface area contributed by atoms with Gasteiger partial charge < -0.3 is 4.90 Å². The number of piperazine rings is 1. The molecule has 170 valence electrons. The Hall–Kier alpha value is -0.820. The van der Waals surface area contributed by atoms with Gasteiger partial charge in [0, 0.05) is 47.2 Å². The fourth-order valence-electron chi connectivity index (χ4n) is 3.27. The van der Waals surface area contributed by atoms with Gasteiger partial charge in [-0.2, -0.15) is 4.31 Å². The van der Waals surface area contributed by atoms with E-state index in [2.05, 4.69) is 36.8 Å². The highest BCUT2D eigenvalue weighted by Crippen LogP contribution is 2.36. The monoisotopic (exact) mass is 645 g/mol. The predicted octanol–water partition coefficient (Wildman–Crippen LogP) is 6.43. The van der Waals surface area contributed by atoms with Crippen molar-refractivity contribution >= 4 is 81.6 Å². The molecule has 0 unspecified atom stereocenters.